The first-order valence-electron chi connectivity index (χ1n) is 7.69. The maximum absolute atomic E-state index is 12.9. The Morgan fingerprint density at radius 2 is 2.00 bits per heavy atom. The van der Waals surface area contributed by atoms with E-state index in [1.165, 1.54) is 0 Å². The molecule has 1 aliphatic carbocycles. The molecule has 132 valence electrons. The first kappa shape index (κ1) is 17.3. The third kappa shape index (κ3) is 3.75. The van der Waals surface area contributed by atoms with Gasteiger partial charge in [0.25, 0.3) is 5.69 Å². The first-order chi connectivity index (χ1) is 11.3. The molecule has 0 bridgehead atoms. The van der Waals surface area contributed by atoms with Crippen molar-refractivity contribution in [2.45, 2.75) is 44.0 Å². The number of nitro benzene ring substituents is 1. The van der Waals surface area contributed by atoms with E-state index in [4.69, 9.17) is 16.3 Å². The summed E-state index contributed by atoms with van der Waals surface area (Å²) in [5, 5.41) is 13.6. The number of anilines is 1. The Hall–Kier alpha value is -1.54. The van der Waals surface area contributed by atoms with Gasteiger partial charge in [-0.05, 0) is 37.7 Å². The maximum atomic E-state index is 12.9. The molecule has 1 aromatic carbocycles. The van der Waals surface area contributed by atoms with Gasteiger partial charge in [0.1, 0.15) is 5.69 Å². The Labute approximate surface area is 141 Å². The van der Waals surface area contributed by atoms with Crippen molar-refractivity contribution in [3.63, 3.8) is 0 Å². The Morgan fingerprint density at radius 1 is 1.29 bits per heavy atom. The topological polar surface area (TPSA) is 64.4 Å². The molecule has 9 heteroatoms. The normalized spacial score (nSPS) is 24.7. The van der Waals surface area contributed by atoms with Crippen LogP contribution >= 0.6 is 11.6 Å². The van der Waals surface area contributed by atoms with Gasteiger partial charge in [-0.3, -0.25) is 10.1 Å². The van der Waals surface area contributed by atoms with Crippen molar-refractivity contribution in [1.82, 2.24) is 0 Å². The summed E-state index contributed by atoms with van der Waals surface area (Å²) in [6.07, 6.45) is -1.08. The average Bonchev–Trinajstić information content (AvgIpc) is 3.30. The SMILES string of the molecule is O=[N+]([O-])c1cc(C(F)(F)F)c(Cl)cc1NC1CCOC(C2CC2)C1. The molecule has 1 aliphatic heterocycles. The third-order valence-electron chi connectivity index (χ3n) is 4.41. The van der Waals surface area contributed by atoms with Gasteiger partial charge < -0.3 is 10.1 Å². The molecule has 2 fully saturated rings. The molecule has 2 atom stereocenters. The standard InChI is InChI=1S/C15H16ClF3N2O3/c16-11-7-12(13(21(22)23)6-10(11)15(17,18)19)20-9-3-4-24-14(5-9)8-1-2-8/h6-9,14,20H,1-5H2. The summed E-state index contributed by atoms with van der Waals surface area (Å²) in [7, 11) is 0. The van der Waals surface area contributed by atoms with Crippen LogP contribution in [-0.4, -0.2) is 23.7 Å². The molecular formula is C15H16ClF3N2O3. The number of halogens is 4. The van der Waals surface area contributed by atoms with Crippen molar-refractivity contribution in [2.75, 3.05) is 11.9 Å². The molecule has 0 amide bonds. The van der Waals surface area contributed by atoms with E-state index in [0.717, 1.165) is 18.9 Å². The zero-order valence-electron chi connectivity index (χ0n) is 12.6. The lowest BCUT2D eigenvalue weighted by atomic mass is 9.99. The zero-order valence-corrected chi connectivity index (χ0v) is 13.4. The maximum Gasteiger partial charge on any atom is 0.418 e. The molecule has 1 N–H and O–H groups in total. The van der Waals surface area contributed by atoms with Crippen LogP contribution in [0.15, 0.2) is 12.1 Å². The van der Waals surface area contributed by atoms with Gasteiger partial charge in [-0.2, -0.15) is 13.2 Å². The Bertz CT molecular complexity index is 650. The zero-order chi connectivity index (χ0) is 17.5. The largest absolute Gasteiger partial charge is 0.418 e. The molecule has 5 nitrogen and oxygen atoms in total. The summed E-state index contributed by atoms with van der Waals surface area (Å²) in [5.74, 6) is 0.528. The molecule has 0 aromatic heterocycles. The highest BCUT2D eigenvalue weighted by Gasteiger charge is 2.38. The fraction of sp³-hybridized carbons (Fsp3) is 0.600. The molecule has 1 aromatic rings. The second-order valence-electron chi connectivity index (χ2n) is 6.22. The van der Waals surface area contributed by atoms with E-state index in [1.807, 2.05) is 0 Å². The molecule has 2 unspecified atom stereocenters. The van der Waals surface area contributed by atoms with Crippen LogP contribution in [0.25, 0.3) is 0 Å². The molecule has 0 spiro atoms. The van der Waals surface area contributed by atoms with E-state index in [-0.39, 0.29) is 17.8 Å². The third-order valence-corrected chi connectivity index (χ3v) is 4.72. The smallest absolute Gasteiger partial charge is 0.378 e. The molecule has 1 saturated carbocycles. The summed E-state index contributed by atoms with van der Waals surface area (Å²) >= 11 is 5.69. The molecular weight excluding hydrogens is 349 g/mol. The minimum absolute atomic E-state index is 0.0134. The minimum Gasteiger partial charge on any atom is -0.378 e. The summed E-state index contributed by atoms with van der Waals surface area (Å²) < 4.78 is 44.3. The Balaban J connectivity index is 1.84. The first-order valence-corrected chi connectivity index (χ1v) is 8.06. The van der Waals surface area contributed by atoms with Crippen molar-refractivity contribution in [2.24, 2.45) is 5.92 Å². The van der Waals surface area contributed by atoms with Crippen molar-refractivity contribution in [1.29, 1.82) is 0 Å². The van der Waals surface area contributed by atoms with E-state index in [9.17, 15) is 23.3 Å². The van der Waals surface area contributed by atoms with Gasteiger partial charge in [-0.15, -0.1) is 0 Å². The number of benzene rings is 1. The average molecular weight is 365 g/mol. The molecule has 2 aliphatic rings. The fourth-order valence-corrected chi connectivity index (χ4v) is 3.29. The van der Waals surface area contributed by atoms with Gasteiger partial charge >= 0.3 is 6.18 Å². The molecule has 1 heterocycles. The van der Waals surface area contributed by atoms with Crippen LogP contribution in [0.4, 0.5) is 24.5 Å². The van der Waals surface area contributed by atoms with E-state index < -0.39 is 27.4 Å². The van der Waals surface area contributed by atoms with Crippen LogP contribution in [0.5, 0.6) is 0 Å². The van der Waals surface area contributed by atoms with Crippen molar-refractivity contribution >= 4 is 23.0 Å². The Morgan fingerprint density at radius 3 is 2.58 bits per heavy atom. The van der Waals surface area contributed by atoms with Crippen LogP contribution in [0.2, 0.25) is 5.02 Å². The second-order valence-corrected chi connectivity index (χ2v) is 6.62. The lowest BCUT2D eigenvalue weighted by Gasteiger charge is -2.31. The van der Waals surface area contributed by atoms with Gasteiger partial charge in [0.2, 0.25) is 0 Å². The summed E-state index contributed by atoms with van der Waals surface area (Å²) in [4.78, 5) is 10.3. The van der Waals surface area contributed by atoms with Crippen LogP contribution in [0.3, 0.4) is 0 Å². The fourth-order valence-electron chi connectivity index (χ4n) is 3.02. The van der Waals surface area contributed by atoms with Crippen LogP contribution in [0, 0.1) is 16.0 Å². The van der Waals surface area contributed by atoms with Gasteiger partial charge in [0.05, 0.1) is 21.6 Å². The second kappa shape index (κ2) is 6.40. The summed E-state index contributed by atoms with van der Waals surface area (Å²) in [6.45, 7) is 0.529. The van der Waals surface area contributed by atoms with Crippen LogP contribution in [0.1, 0.15) is 31.2 Å². The van der Waals surface area contributed by atoms with Gasteiger partial charge in [0.15, 0.2) is 0 Å². The number of rotatable bonds is 4. The van der Waals surface area contributed by atoms with Gasteiger partial charge in [-0.25, -0.2) is 0 Å². The van der Waals surface area contributed by atoms with Crippen molar-refractivity contribution in [3.8, 4) is 0 Å². The Kier molecular flexibility index (Phi) is 4.61. The lowest BCUT2D eigenvalue weighted by molar-refractivity contribution is -0.384. The number of ether oxygens (including phenoxy) is 1. The van der Waals surface area contributed by atoms with Gasteiger partial charge in [-0.1, -0.05) is 11.6 Å². The van der Waals surface area contributed by atoms with Crippen LogP contribution in [-0.2, 0) is 10.9 Å². The monoisotopic (exact) mass is 364 g/mol. The predicted molar refractivity (Wildman–Crippen MR) is 82.2 cm³/mol. The number of nitro groups is 1. The molecule has 3 rings (SSSR count). The molecule has 24 heavy (non-hydrogen) atoms. The number of nitrogens with one attached hydrogen (secondary N) is 1. The molecule has 1 saturated heterocycles. The van der Waals surface area contributed by atoms with Crippen LogP contribution < -0.4 is 5.32 Å². The van der Waals surface area contributed by atoms with E-state index in [0.29, 0.717) is 31.4 Å². The number of alkyl halides is 3. The van der Waals surface area contributed by atoms with Crippen molar-refractivity contribution in [3.05, 3.63) is 32.8 Å². The minimum atomic E-state index is -4.74. The highest BCUT2D eigenvalue weighted by molar-refractivity contribution is 6.31. The highest BCUT2D eigenvalue weighted by Crippen LogP contribution is 2.42. The quantitative estimate of drug-likeness (QED) is 0.624. The summed E-state index contributed by atoms with van der Waals surface area (Å²) in [6, 6.07) is 1.39. The molecule has 0 radical (unpaired) electrons. The lowest BCUT2D eigenvalue weighted by Crippen LogP contribution is -2.35. The number of nitrogens with zero attached hydrogens (tertiary/aromatic N) is 1. The number of hydrogen-bond donors (Lipinski definition) is 1. The van der Waals surface area contributed by atoms with Gasteiger partial charge in [0, 0.05) is 18.7 Å². The predicted octanol–water partition coefficient (Wildman–Crippen LogP) is 4.64. The van der Waals surface area contributed by atoms with E-state index in [2.05, 4.69) is 5.32 Å². The highest BCUT2D eigenvalue weighted by atomic mass is 35.5. The summed E-state index contributed by atoms with van der Waals surface area (Å²) in [5.41, 5.74) is -1.81. The number of hydrogen-bond acceptors (Lipinski definition) is 4. The van der Waals surface area contributed by atoms with Crippen molar-refractivity contribution < 1.29 is 22.8 Å². The van der Waals surface area contributed by atoms with E-state index in [1.54, 1.807) is 0 Å². The van der Waals surface area contributed by atoms with E-state index >= 15 is 0 Å².